The van der Waals surface area contributed by atoms with Crippen LogP contribution in [0.3, 0.4) is 0 Å². The zero-order chi connectivity index (χ0) is 26.0. The molecule has 0 aliphatic carbocycles. The number of aromatic nitrogens is 2. The highest BCUT2D eigenvalue weighted by atomic mass is 16.5. The van der Waals surface area contributed by atoms with Crippen molar-refractivity contribution in [3.63, 3.8) is 0 Å². The molecule has 0 radical (unpaired) electrons. The minimum absolute atomic E-state index is 0.000817. The monoisotopic (exact) mass is 490 g/mol. The van der Waals surface area contributed by atoms with E-state index in [1.54, 1.807) is 53.9 Å². The predicted octanol–water partition coefficient (Wildman–Crippen LogP) is 3.19. The zero-order valence-electron chi connectivity index (χ0n) is 20.9. The van der Waals surface area contributed by atoms with E-state index in [0.29, 0.717) is 41.3 Å². The molecule has 1 aliphatic rings. The number of pyridine rings is 1. The Morgan fingerprint density at radius 2 is 1.81 bits per heavy atom. The van der Waals surface area contributed by atoms with Gasteiger partial charge in [-0.05, 0) is 49.8 Å². The number of hydrogen-bond acceptors (Lipinski definition) is 7. The first kappa shape index (κ1) is 25.1. The number of aliphatic hydroxyl groups excluding tert-OH is 1. The summed E-state index contributed by atoms with van der Waals surface area (Å²) in [5.74, 6) is -2.19. The first-order valence-electron chi connectivity index (χ1n) is 11.9. The third-order valence-corrected chi connectivity index (χ3v) is 6.67. The maximum absolute atomic E-state index is 13.4. The molecule has 188 valence electrons. The minimum atomic E-state index is -0.819. The molecule has 0 saturated carbocycles. The Labute approximate surface area is 209 Å². The van der Waals surface area contributed by atoms with Crippen molar-refractivity contribution in [2.45, 2.75) is 26.8 Å². The molecule has 36 heavy (non-hydrogen) atoms. The van der Waals surface area contributed by atoms with E-state index in [9.17, 15) is 19.5 Å². The van der Waals surface area contributed by atoms with Crippen LogP contribution in [0.4, 0.5) is 0 Å². The van der Waals surface area contributed by atoms with E-state index in [0.717, 1.165) is 13.1 Å². The number of ketones is 1. The van der Waals surface area contributed by atoms with Gasteiger partial charge in [0.05, 0.1) is 30.0 Å². The third kappa shape index (κ3) is 4.37. The van der Waals surface area contributed by atoms with E-state index < -0.39 is 23.7 Å². The van der Waals surface area contributed by atoms with E-state index in [2.05, 4.69) is 9.88 Å². The number of likely N-dealkylation sites (N-methyl/N-ethyl adjacent to an activating group) is 1. The average molecular weight is 491 g/mol. The second kappa shape index (κ2) is 10.3. The number of ether oxygens (including phenoxy) is 1. The molecule has 0 unspecified atom stereocenters. The number of amides is 1. The van der Waals surface area contributed by atoms with Gasteiger partial charge < -0.3 is 19.6 Å². The number of likely N-dealkylation sites (tertiary alicyclic amines) is 1. The summed E-state index contributed by atoms with van der Waals surface area (Å²) >= 11 is 0. The smallest absolute Gasteiger partial charge is 0.337 e. The van der Waals surface area contributed by atoms with E-state index in [4.69, 9.17) is 4.74 Å². The molecular formula is C27H30N4O5. The van der Waals surface area contributed by atoms with Gasteiger partial charge in [-0.2, -0.15) is 0 Å². The van der Waals surface area contributed by atoms with Crippen LogP contribution in [0, 0.1) is 6.92 Å². The predicted molar refractivity (Wildman–Crippen MR) is 135 cm³/mol. The molecule has 0 bridgehead atoms. The highest BCUT2D eigenvalue weighted by Gasteiger charge is 2.46. The second-order valence-corrected chi connectivity index (χ2v) is 8.61. The van der Waals surface area contributed by atoms with Crippen molar-refractivity contribution in [2.24, 2.45) is 0 Å². The topological polar surface area (TPSA) is 104 Å². The Kier molecular flexibility index (Phi) is 7.21. The third-order valence-electron chi connectivity index (χ3n) is 6.67. The molecule has 1 fully saturated rings. The van der Waals surface area contributed by atoms with E-state index >= 15 is 0 Å². The molecule has 0 spiro atoms. The standard InChI is InChI=1S/C27H30N4O5/c1-5-29(6-2)15-16-31-23(18-10-12-19(13-11-18)27(35)36-4)21(25(33)26(31)34)24(32)22-17(3)28-20-9-7-8-14-30(20)22/h7-14,23,32H,5-6,15-16H2,1-4H3/b24-21+/t23-/m1/s1. The first-order valence-corrected chi connectivity index (χ1v) is 11.9. The van der Waals surface area contributed by atoms with Crippen molar-refractivity contribution >= 4 is 29.1 Å². The van der Waals surface area contributed by atoms with Gasteiger partial charge in [-0.15, -0.1) is 0 Å². The highest BCUT2D eigenvalue weighted by Crippen LogP contribution is 2.40. The lowest BCUT2D eigenvalue weighted by atomic mass is 9.95. The molecule has 3 heterocycles. The number of methoxy groups -OCH3 is 1. The van der Waals surface area contributed by atoms with Crippen LogP contribution >= 0.6 is 0 Å². The first-order chi connectivity index (χ1) is 17.3. The van der Waals surface area contributed by atoms with E-state index in [-0.39, 0.29) is 11.3 Å². The molecule has 1 saturated heterocycles. The normalized spacial score (nSPS) is 17.4. The highest BCUT2D eigenvalue weighted by molar-refractivity contribution is 6.46. The number of carbonyl (C=O) groups is 3. The van der Waals surface area contributed by atoms with Crippen LogP contribution in [0.2, 0.25) is 0 Å². The van der Waals surface area contributed by atoms with Gasteiger partial charge in [-0.3, -0.25) is 14.0 Å². The largest absolute Gasteiger partial charge is 0.505 e. The van der Waals surface area contributed by atoms with E-state index in [1.165, 1.54) is 12.0 Å². The number of aryl methyl sites for hydroxylation is 1. The lowest BCUT2D eigenvalue weighted by Crippen LogP contribution is -2.38. The van der Waals surface area contributed by atoms with Crippen molar-refractivity contribution in [1.29, 1.82) is 0 Å². The molecule has 4 rings (SSSR count). The number of Topliss-reactive ketones (excluding diaryl/α,β-unsaturated/α-hetero) is 1. The van der Waals surface area contributed by atoms with Gasteiger partial charge in [-0.1, -0.05) is 32.0 Å². The molecule has 1 N–H and O–H groups in total. The van der Waals surface area contributed by atoms with Crippen LogP contribution in [0.15, 0.2) is 54.2 Å². The molecule has 9 nitrogen and oxygen atoms in total. The fourth-order valence-corrected chi connectivity index (χ4v) is 4.69. The number of aliphatic hydroxyl groups is 1. The number of fused-ring (bicyclic) bond motifs is 1. The van der Waals surface area contributed by atoms with Gasteiger partial charge in [0.1, 0.15) is 11.3 Å². The van der Waals surface area contributed by atoms with Crippen LogP contribution in [-0.4, -0.2) is 75.2 Å². The quantitative estimate of drug-likeness (QED) is 0.224. The van der Waals surface area contributed by atoms with Crippen molar-refractivity contribution < 1.29 is 24.2 Å². The Bertz CT molecular complexity index is 1340. The van der Waals surface area contributed by atoms with Gasteiger partial charge >= 0.3 is 5.97 Å². The summed E-state index contributed by atoms with van der Waals surface area (Å²) in [6.07, 6.45) is 1.75. The molecule has 3 aromatic rings. The van der Waals surface area contributed by atoms with Crippen molar-refractivity contribution in [3.8, 4) is 0 Å². The van der Waals surface area contributed by atoms with Gasteiger partial charge in [-0.25, -0.2) is 9.78 Å². The van der Waals surface area contributed by atoms with Crippen LogP contribution in [0.25, 0.3) is 11.4 Å². The molecule has 1 aromatic carbocycles. The maximum Gasteiger partial charge on any atom is 0.337 e. The summed E-state index contributed by atoms with van der Waals surface area (Å²) in [6, 6.07) is 11.2. The second-order valence-electron chi connectivity index (χ2n) is 8.61. The number of nitrogens with zero attached hydrogens (tertiary/aromatic N) is 4. The number of esters is 1. The number of carbonyl (C=O) groups excluding carboxylic acids is 3. The molecule has 9 heteroatoms. The number of imidazole rings is 1. The van der Waals surface area contributed by atoms with Crippen LogP contribution < -0.4 is 0 Å². The SMILES string of the molecule is CCN(CC)CCN1C(=O)C(=O)/C(=C(/O)c2c(C)nc3ccccn23)[C@H]1c1ccc(C(=O)OC)cc1. The number of rotatable bonds is 8. The summed E-state index contributed by atoms with van der Waals surface area (Å²) in [6.45, 7) is 8.31. The fourth-order valence-electron chi connectivity index (χ4n) is 4.69. The van der Waals surface area contributed by atoms with Gasteiger partial charge in [0.15, 0.2) is 5.76 Å². The summed E-state index contributed by atoms with van der Waals surface area (Å²) in [4.78, 5) is 46.7. The van der Waals surface area contributed by atoms with Gasteiger partial charge in [0, 0.05) is 19.3 Å². The van der Waals surface area contributed by atoms with Gasteiger partial charge in [0.25, 0.3) is 11.7 Å². The summed E-state index contributed by atoms with van der Waals surface area (Å²) in [7, 11) is 1.30. The van der Waals surface area contributed by atoms with Gasteiger partial charge in [0.2, 0.25) is 0 Å². The van der Waals surface area contributed by atoms with E-state index in [1.807, 2.05) is 19.9 Å². The van der Waals surface area contributed by atoms with Crippen LogP contribution in [0.5, 0.6) is 0 Å². The van der Waals surface area contributed by atoms with Crippen molar-refractivity contribution in [3.05, 3.63) is 76.7 Å². The average Bonchev–Trinajstić information content (AvgIpc) is 3.36. The molecule has 1 atom stereocenters. The summed E-state index contributed by atoms with van der Waals surface area (Å²) in [5.41, 5.74) is 2.47. The fraction of sp³-hybridized carbons (Fsp3) is 0.333. The molecule has 1 amide bonds. The summed E-state index contributed by atoms with van der Waals surface area (Å²) in [5, 5.41) is 11.5. The Morgan fingerprint density at radius 3 is 2.44 bits per heavy atom. The zero-order valence-corrected chi connectivity index (χ0v) is 20.9. The molecule has 2 aromatic heterocycles. The van der Waals surface area contributed by atoms with Crippen LogP contribution in [-0.2, 0) is 14.3 Å². The Balaban J connectivity index is 1.86. The Morgan fingerprint density at radius 1 is 1.11 bits per heavy atom. The van der Waals surface area contributed by atoms with Crippen LogP contribution in [0.1, 0.15) is 47.2 Å². The maximum atomic E-state index is 13.4. The van der Waals surface area contributed by atoms with Crippen molar-refractivity contribution in [2.75, 3.05) is 33.3 Å². The molecule has 1 aliphatic heterocycles. The Hall–Kier alpha value is -3.98. The summed E-state index contributed by atoms with van der Waals surface area (Å²) < 4.78 is 6.49. The minimum Gasteiger partial charge on any atom is -0.505 e. The van der Waals surface area contributed by atoms with Crippen molar-refractivity contribution in [1.82, 2.24) is 19.2 Å². The lowest BCUT2D eigenvalue weighted by Gasteiger charge is -2.28. The lowest BCUT2D eigenvalue weighted by molar-refractivity contribution is -0.140. The molecular weight excluding hydrogens is 460 g/mol. The number of hydrogen-bond donors (Lipinski definition) is 1. The number of benzene rings is 1.